The van der Waals surface area contributed by atoms with Crippen LogP contribution in [0.15, 0.2) is 18.2 Å². The lowest BCUT2D eigenvalue weighted by Gasteiger charge is -2.00. The van der Waals surface area contributed by atoms with Crippen molar-refractivity contribution in [2.75, 3.05) is 5.73 Å². The molecule has 0 spiro atoms. The number of nitrogens with two attached hydrogens (primary N) is 1. The van der Waals surface area contributed by atoms with Gasteiger partial charge in [-0.25, -0.2) is 0 Å². The summed E-state index contributed by atoms with van der Waals surface area (Å²) in [4.78, 5) is 0. The second kappa shape index (κ2) is 3.26. The van der Waals surface area contributed by atoms with Gasteiger partial charge in [0.15, 0.2) is 5.01 Å². The Morgan fingerprint density at radius 1 is 1.36 bits per heavy atom. The van der Waals surface area contributed by atoms with E-state index in [1.165, 1.54) is 11.3 Å². The summed E-state index contributed by atoms with van der Waals surface area (Å²) in [6, 6.07) is 5.41. The zero-order valence-corrected chi connectivity index (χ0v) is 8.38. The van der Waals surface area contributed by atoms with E-state index in [1.807, 2.05) is 19.1 Å². The maximum Gasteiger partial charge on any atom is 0.203 e. The summed E-state index contributed by atoms with van der Waals surface area (Å²) in [5.41, 5.74) is 7.13. The Morgan fingerprint density at radius 3 is 2.71 bits per heavy atom. The fourth-order valence-electron chi connectivity index (χ4n) is 1.17. The van der Waals surface area contributed by atoms with Gasteiger partial charge in [-0.05, 0) is 24.6 Å². The molecule has 0 aliphatic carbocycles. The quantitative estimate of drug-likeness (QED) is 0.748. The lowest BCUT2D eigenvalue weighted by molar-refractivity contribution is 0.477. The number of aromatic hydroxyl groups is 1. The second-order valence-corrected chi connectivity index (χ2v) is 3.98. The number of nitrogen functional groups attached to an aromatic ring is 1. The molecule has 0 amide bonds. The van der Waals surface area contributed by atoms with Crippen LogP contribution in [0.1, 0.15) is 5.56 Å². The molecule has 1 aromatic heterocycles. The zero-order chi connectivity index (χ0) is 10.1. The SMILES string of the molecule is Cc1ccc(-c2nnc(N)s2)c(O)c1. The molecule has 0 radical (unpaired) electrons. The molecule has 0 fully saturated rings. The van der Waals surface area contributed by atoms with E-state index in [0.29, 0.717) is 15.7 Å². The predicted molar refractivity (Wildman–Crippen MR) is 56.2 cm³/mol. The number of phenolic OH excluding ortho intramolecular Hbond substituents is 1. The predicted octanol–water partition coefficient (Wildman–Crippen LogP) is 1.80. The fraction of sp³-hybridized carbons (Fsp3) is 0.111. The molecule has 0 aliphatic heterocycles. The van der Waals surface area contributed by atoms with E-state index in [-0.39, 0.29) is 5.75 Å². The van der Waals surface area contributed by atoms with Crippen molar-refractivity contribution in [3.63, 3.8) is 0 Å². The maximum absolute atomic E-state index is 9.65. The zero-order valence-electron chi connectivity index (χ0n) is 7.56. The first-order valence-corrected chi connectivity index (χ1v) is 4.87. The molecule has 72 valence electrons. The van der Waals surface area contributed by atoms with Crippen LogP contribution in [-0.4, -0.2) is 15.3 Å². The molecule has 0 saturated carbocycles. The average Bonchev–Trinajstić information content (AvgIpc) is 2.51. The van der Waals surface area contributed by atoms with E-state index in [2.05, 4.69) is 10.2 Å². The van der Waals surface area contributed by atoms with Crippen molar-refractivity contribution in [3.8, 4) is 16.3 Å². The van der Waals surface area contributed by atoms with Crippen LogP contribution in [0.3, 0.4) is 0 Å². The van der Waals surface area contributed by atoms with E-state index >= 15 is 0 Å². The molecule has 0 atom stereocenters. The van der Waals surface area contributed by atoms with Gasteiger partial charge in [-0.1, -0.05) is 17.4 Å². The smallest absolute Gasteiger partial charge is 0.203 e. The summed E-state index contributed by atoms with van der Waals surface area (Å²) in [5.74, 6) is 0.209. The Hall–Kier alpha value is -1.62. The van der Waals surface area contributed by atoms with E-state index in [0.717, 1.165) is 5.56 Å². The fourth-order valence-corrected chi connectivity index (χ4v) is 1.81. The molecule has 0 bridgehead atoms. The van der Waals surface area contributed by atoms with Crippen molar-refractivity contribution in [1.82, 2.24) is 10.2 Å². The Morgan fingerprint density at radius 2 is 2.14 bits per heavy atom. The lowest BCUT2D eigenvalue weighted by atomic mass is 10.1. The van der Waals surface area contributed by atoms with E-state index < -0.39 is 0 Å². The van der Waals surface area contributed by atoms with Crippen molar-refractivity contribution in [2.24, 2.45) is 0 Å². The van der Waals surface area contributed by atoms with E-state index in [1.54, 1.807) is 6.07 Å². The molecule has 0 aliphatic rings. The van der Waals surface area contributed by atoms with Crippen LogP contribution in [-0.2, 0) is 0 Å². The van der Waals surface area contributed by atoms with Gasteiger partial charge < -0.3 is 10.8 Å². The van der Waals surface area contributed by atoms with Gasteiger partial charge in [0.2, 0.25) is 5.13 Å². The summed E-state index contributed by atoms with van der Waals surface area (Å²) >= 11 is 1.26. The van der Waals surface area contributed by atoms with Crippen molar-refractivity contribution < 1.29 is 5.11 Å². The van der Waals surface area contributed by atoms with Crippen LogP contribution in [0.5, 0.6) is 5.75 Å². The third-order valence-corrected chi connectivity index (χ3v) is 2.61. The van der Waals surface area contributed by atoms with Gasteiger partial charge in [-0.2, -0.15) is 0 Å². The maximum atomic E-state index is 9.65. The third kappa shape index (κ3) is 1.54. The van der Waals surface area contributed by atoms with Crippen LogP contribution in [0, 0.1) is 6.92 Å². The number of hydrogen-bond acceptors (Lipinski definition) is 5. The minimum absolute atomic E-state index is 0.209. The number of nitrogens with zero attached hydrogens (tertiary/aromatic N) is 2. The Balaban J connectivity index is 2.52. The van der Waals surface area contributed by atoms with Crippen LogP contribution < -0.4 is 5.73 Å². The van der Waals surface area contributed by atoms with Crippen molar-refractivity contribution in [1.29, 1.82) is 0 Å². The summed E-state index contributed by atoms with van der Waals surface area (Å²) in [7, 11) is 0. The molecule has 4 nitrogen and oxygen atoms in total. The number of aromatic nitrogens is 2. The molecule has 14 heavy (non-hydrogen) atoms. The van der Waals surface area contributed by atoms with Crippen molar-refractivity contribution in [2.45, 2.75) is 6.92 Å². The largest absolute Gasteiger partial charge is 0.507 e. The van der Waals surface area contributed by atoms with Gasteiger partial charge in [0.25, 0.3) is 0 Å². The van der Waals surface area contributed by atoms with Crippen LogP contribution in [0.25, 0.3) is 10.6 Å². The van der Waals surface area contributed by atoms with Gasteiger partial charge in [0.1, 0.15) is 5.75 Å². The number of aryl methyl sites for hydroxylation is 1. The number of rotatable bonds is 1. The number of hydrogen-bond donors (Lipinski definition) is 2. The number of benzene rings is 1. The first-order valence-electron chi connectivity index (χ1n) is 4.06. The Kier molecular flexibility index (Phi) is 2.09. The first kappa shape index (κ1) is 8.96. The van der Waals surface area contributed by atoms with Crippen LogP contribution >= 0.6 is 11.3 Å². The molecule has 2 rings (SSSR count). The summed E-state index contributed by atoms with van der Waals surface area (Å²) in [6.45, 7) is 1.91. The molecule has 2 aromatic rings. The molecule has 0 unspecified atom stereocenters. The minimum Gasteiger partial charge on any atom is -0.507 e. The Labute approximate surface area is 85.0 Å². The van der Waals surface area contributed by atoms with Gasteiger partial charge in [-0.15, -0.1) is 10.2 Å². The lowest BCUT2D eigenvalue weighted by Crippen LogP contribution is -1.81. The van der Waals surface area contributed by atoms with Gasteiger partial charge in [-0.3, -0.25) is 0 Å². The number of anilines is 1. The van der Waals surface area contributed by atoms with E-state index in [9.17, 15) is 5.11 Å². The highest BCUT2D eigenvalue weighted by molar-refractivity contribution is 7.18. The highest BCUT2D eigenvalue weighted by Gasteiger charge is 2.08. The van der Waals surface area contributed by atoms with Gasteiger partial charge in [0, 0.05) is 0 Å². The van der Waals surface area contributed by atoms with Crippen molar-refractivity contribution in [3.05, 3.63) is 23.8 Å². The van der Waals surface area contributed by atoms with Gasteiger partial charge >= 0.3 is 0 Å². The molecule has 5 heteroatoms. The molecule has 1 heterocycles. The standard InChI is InChI=1S/C9H9N3OS/c1-5-2-3-6(7(13)4-5)8-11-12-9(10)14-8/h2-4,13H,1H3,(H2,10,12). The average molecular weight is 207 g/mol. The van der Waals surface area contributed by atoms with Crippen LogP contribution in [0.2, 0.25) is 0 Å². The molecular formula is C9H9N3OS. The minimum atomic E-state index is 0.209. The molecule has 3 N–H and O–H groups in total. The van der Waals surface area contributed by atoms with Crippen LogP contribution in [0.4, 0.5) is 5.13 Å². The third-order valence-electron chi connectivity index (χ3n) is 1.82. The normalized spacial score (nSPS) is 10.4. The first-order chi connectivity index (χ1) is 6.66. The number of phenols is 1. The highest BCUT2D eigenvalue weighted by atomic mass is 32.1. The summed E-state index contributed by atoms with van der Waals surface area (Å²) in [6.07, 6.45) is 0. The monoisotopic (exact) mass is 207 g/mol. The molecule has 0 saturated heterocycles. The molecule has 1 aromatic carbocycles. The second-order valence-electron chi connectivity index (χ2n) is 2.97. The van der Waals surface area contributed by atoms with Gasteiger partial charge in [0.05, 0.1) is 5.56 Å². The Bertz CT molecular complexity index is 467. The van der Waals surface area contributed by atoms with E-state index in [4.69, 9.17) is 5.73 Å². The molecular weight excluding hydrogens is 198 g/mol. The van der Waals surface area contributed by atoms with Crippen molar-refractivity contribution >= 4 is 16.5 Å². The summed E-state index contributed by atoms with van der Waals surface area (Å²) < 4.78 is 0. The highest BCUT2D eigenvalue weighted by Crippen LogP contribution is 2.32. The topological polar surface area (TPSA) is 72.0 Å². The summed E-state index contributed by atoms with van der Waals surface area (Å²) in [5, 5.41) is 18.2.